The van der Waals surface area contributed by atoms with Gasteiger partial charge in [0.25, 0.3) is 0 Å². The van der Waals surface area contributed by atoms with Gasteiger partial charge >= 0.3 is 0 Å². The number of benzene rings is 1. The number of hydrogen-bond acceptors (Lipinski definition) is 4. The molecule has 1 aliphatic rings. The first-order valence-electron chi connectivity index (χ1n) is 9.89. The molecule has 0 radical (unpaired) electrons. The minimum absolute atomic E-state index is 0.199. The predicted octanol–water partition coefficient (Wildman–Crippen LogP) is 4.20. The Morgan fingerprint density at radius 2 is 2.03 bits per heavy atom. The molecule has 2 aromatic heterocycles. The molecule has 0 bridgehead atoms. The molecular weight excluding hydrogens is 362 g/mol. The highest BCUT2D eigenvalue weighted by molar-refractivity contribution is 6.03. The van der Waals surface area contributed by atoms with Crippen LogP contribution in [0.4, 0.5) is 11.5 Å². The Balaban J connectivity index is 1.45. The molecule has 6 nitrogen and oxygen atoms in total. The third-order valence-corrected chi connectivity index (χ3v) is 5.14. The number of aromatic nitrogens is 2. The van der Waals surface area contributed by atoms with Gasteiger partial charge in [-0.3, -0.25) is 4.79 Å². The summed E-state index contributed by atoms with van der Waals surface area (Å²) in [5.41, 5.74) is 2.69. The molecule has 4 rings (SSSR count). The highest BCUT2D eigenvalue weighted by Crippen LogP contribution is 2.23. The van der Waals surface area contributed by atoms with Crippen LogP contribution < -0.4 is 10.2 Å². The van der Waals surface area contributed by atoms with Gasteiger partial charge in [-0.25, -0.2) is 4.98 Å². The monoisotopic (exact) mass is 385 g/mol. The van der Waals surface area contributed by atoms with Crippen LogP contribution in [0.15, 0.2) is 54.9 Å². The molecule has 0 atom stereocenters. The number of carbonyl (C=O) groups excluding carboxylic acids is 1. The van der Waals surface area contributed by atoms with Crippen LogP contribution in [-0.4, -0.2) is 28.5 Å². The Morgan fingerprint density at radius 1 is 1.21 bits per heavy atom. The van der Waals surface area contributed by atoms with Crippen LogP contribution in [0.1, 0.15) is 24.8 Å². The van der Waals surface area contributed by atoms with E-state index in [1.165, 1.54) is 18.9 Å². The van der Waals surface area contributed by atoms with Crippen LogP contribution in [0, 0.1) is 11.3 Å². The quantitative estimate of drug-likeness (QED) is 0.645. The van der Waals surface area contributed by atoms with Crippen molar-refractivity contribution in [2.75, 3.05) is 23.3 Å². The van der Waals surface area contributed by atoms with Crippen molar-refractivity contribution in [2.24, 2.45) is 0 Å². The lowest BCUT2D eigenvalue weighted by Gasteiger charge is -2.16. The molecule has 6 heteroatoms. The second-order valence-electron chi connectivity index (χ2n) is 7.12. The smallest absolute Gasteiger partial charge is 0.248 e. The molecule has 1 N–H and O–H groups in total. The van der Waals surface area contributed by atoms with Gasteiger partial charge in [-0.2, -0.15) is 5.26 Å². The number of hydrogen-bond donors (Lipinski definition) is 1. The van der Waals surface area contributed by atoms with Gasteiger partial charge in [0.1, 0.15) is 5.82 Å². The summed E-state index contributed by atoms with van der Waals surface area (Å²) in [6.45, 7) is 2.72. The van der Waals surface area contributed by atoms with E-state index in [2.05, 4.69) is 25.8 Å². The Labute approximate surface area is 170 Å². The zero-order valence-corrected chi connectivity index (χ0v) is 16.2. The summed E-state index contributed by atoms with van der Waals surface area (Å²) in [6.07, 6.45) is 9.89. The highest BCUT2D eigenvalue weighted by atomic mass is 16.1. The Morgan fingerprint density at radius 3 is 2.79 bits per heavy atom. The van der Waals surface area contributed by atoms with Gasteiger partial charge < -0.3 is 14.8 Å². The van der Waals surface area contributed by atoms with E-state index in [1.54, 1.807) is 6.20 Å². The van der Waals surface area contributed by atoms with Gasteiger partial charge in [-0.05, 0) is 37.1 Å². The van der Waals surface area contributed by atoms with Gasteiger partial charge in [-0.1, -0.05) is 18.2 Å². The van der Waals surface area contributed by atoms with Crippen molar-refractivity contribution in [3.8, 4) is 6.07 Å². The lowest BCUT2D eigenvalue weighted by atomic mass is 10.1. The Kier molecular flexibility index (Phi) is 5.57. The molecule has 0 saturated carbocycles. The number of rotatable bonds is 6. The summed E-state index contributed by atoms with van der Waals surface area (Å²) in [5, 5.41) is 12.8. The number of nitriles is 1. The normalized spacial score (nSPS) is 13.8. The molecule has 1 aliphatic heterocycles. The second-order valence-corrected chi connectivity index (χ2v) is 7.12. The number of nitrogens with zero attached hydrogens (tertiary/aromatic N) is 4. The fraction of sp³-hybridized carbons (Fsp3) is 0.261. The Hall–Kier alpha value is -3.59. The number of anilines is 2. The standard InChI is InChI=1S/C23H23N5O/c24-12-5-15-28-17-18(20-6-1-2-7-21(20)28)8-11-23(29)26-19-9-10-22(25-16-19)27-13-3-4-14-27/h1-2,6-11,16-17H,3-5,13-15H2,(H,26,29)/b11-8+. The summed E-state index contributed by atoms with van der Waals surface area (Å²) < 4.78 is 2.05. The fourth-order valence-electron chi connectivity index (χ4n) is 3.71. The molecule has 0 aliphatic carbocycles. The van der Waals surface area contributed by atoms with Crippen molar-refractivity contribution in [1.29, 1.82) is 5.26 Å². The lowest BCUT2D eigenvalue weighted by Crippen LogP contribution is -2.18. The van der Waals surface area contributed by atoms with Gasteiger partial charge in [0.05, 0.1) is 24.4 Å². The first-order valence-corrected chi connectivity index (χ1v) is 9.89. The number of para-hydroxylation sites is 1. The van der Waals surface area contributed by atoms with Crippen LogP contribution >= 0.6 is 0 Å². The van der Waals surface area contributed by atoms with Gasteiger partial charge in [-0.15, -0.1) is 0 Å². The first-order chi connectivity index (χ1) is 14.2. The molecule has 1 fully saturated rings. The average molecular weight is 385 g/mol. The number of fused-ring (bicyclic) bond motifs is 1. The third-order valence-electron chi connectivity index (χ3n) is 5.14. The molecule has 1 amide bonds. The Bertz CT molecular complexity index is 1070. The minimum atomic E-state index is -0.199. The summed E-state index contributed by atoms with van der Waals surface area (Å²) in [7, 11) is 0. The van der Waals surface area contributed by atoms with Crippen molar-refractivity contribution < 1.29 is 4.79 Å². The van der Waals surface area contributed by atoms with E-state index in [9.17, 15) is 4.79 Å². The molecule has 29 heavy (non-hydrogen) atoms. The first kappa shape index (κ1) is 18.8. The summed E-state index contributed by atoms with van der Waals surface area (Å²) in [5.74, 6) is 0.760. The van der Waals surface area contributed by atoms with Crippen molar-refractivity contribution in [3.05, 3.63) is 60.4 Å². The number of amides is 1. The lowest BCUT2D eigenvalue weighted by molar-refractivity contribution is -0.111. The van der Waals surface area contributed by atoms with Gasteiger partial charge in [0.2, 0.25) is 5.91 Å². The SMILES string of the molecule is N#CCCn1cc(/C=C/C(=O)Nc2ccc(N3CCCC3)nc2)c2ccccc21. The maximum absolute atomic E-state index is 12.4. The van der Waals surface area contributed by atoms with Crippen molar-refractivity contribution in [2.45, 2.75) is 25.8 Å². The maximum atomic E-state index is 12.4. The van der Waals surface area contributed by atoms with E-state index >= 15 is 0 Å². The van der Waals surface area contributed by atoms with Crippen LogP contribution in [-0.2, 0) is 11.3 Å². The maximum Gasteiger partial charge on any atom is 0.248 e. The second kappa shape index (κ2) is 8.61. The summed E-state index contributed by atoms with van der Waals surface area (Å²) in [6, 6.07) is 14.0. The largest absolute Gasteiger partial charge is 0.357 e. The van der Waals surface area contributed by atoms with Crippen molar-refractivity contribution >= 4 is 34.4 Å². The third kappa shape index (κ3) is 4.30. The molecular formula is C23H23N5O. The average Bonchev–Trinajstić information content (AvgIpc) is 3.40. The van der Waals surface area contributed by atoms with E-state index in [1.807, 2.05) is 48.7 Å². The zero-order valence-electron chi connectivity index (χ0n) is 16.2. The van der Waals surface area contributed by atoms with Crippen LogP contribution in [0.2, 0.25) is 0 Å². The van der Waals surface area contributed by atoms with E-state index in [4.69, 9.17) is 5.26 Å². The molecule has 3 aromatic rings. The van der Waals surface area contributed by atoms with E-state index in [0.29, 0.717) is 18.7 Å². The molecule has 0 unspecified atom stereocenters. The molecule has 0 spiro atoms. The minimum Gasteiger partial charge on any atom is -0.357 e. The number of carbonyl (C=O) groups is 1. The molecule has 1 saturated heterocycles. The fourth-order valence-corrected chi connectivity index (χ4v) is 3.71. The highest BCUT2D eigenvalue weighted by Gasteiger charge is 2.13. The van der Waals surface area contributed by atoms with Gasteiger partial charge in [0.15, 0.2) is 0 Å². The molecule has 146 valence electrons. The summed E-state index contributed by atoms with van der Waals surface area (Å²) in [4.78, 5) is 19.1. The number of nitrogens with one attached hydrogen (secondary N) is 1. The molecule has 1 aromatic carbocycles. The van der Waals surface area contributed by atoms with Crippen LogP contribution in [0.5, 0.6) is 0 Å². The van der Waals surface area contributed by atoms with E-state index < -0.39 is 0 Å². The number of pyridine rings is 1. The van der Waals surface area contributed by atoms with Crippen LogP contribution in [0.25, 0.3) is 17.0 Å². The molecule has 3 heterocycles. The predicted molar refractivity (Wildman–Crippen MR) is 116 cm³/mol. The van der Waals surface area contributed by atoms with Crippen LogP contribution in [0.3, 0.4) is 0 Å². The number of aryl methyl sites for hydroxylation is 1. The van der Waals surface area contributed by atoms with E-state index in [0.717, 1.165) is 35.4 Å². The van der Waals surface area contributed by atoms with E-state index in [-0.39, 0.29) is 5.91 Å². The van der Waals surface area contributed by atoms with Crippen molar-refractivity contribution in [1.82, 2.24) is 9.55 Å². The van der Waals surface area contributed by atoms with Gasteiger partial charge in [0, 0.05) is 48.4 Å². The zero-order chi connectivity index (χ0) is 20.1. The summed E-state index contributed by atoms with van der Waals surface area (Å²) >= 11 is 0. The topological polar surface area (TPSA) is 74.0 Å². The van der Waals surface area contributed by atoms with Crippen molar-refractivity contribution in [3.63, 3.8) is 0 Å².